The minimum absolute atomic E-state index is 0.0428. The zero-order valence-electron chi connectivity index (χ0n) is 18.0. The summed E-state index contributed by atoms with van der Waals surface area (Å²) in [5.41, 5.74) is 1.74. The molecule has 5 nitrogen and oxygen atoms in total. The van der Waals surface area contributed by atoms with Gasteiger partial charge in [0, 0.05) is 31.1 Å². The number of nitrogens with zero attached hydrogens (tertiary/aromatic N) is 2. The van der Waals surface area contributed by atoms with Crippen LogP contribution in [0.15, 0.2) is 46.9 Å². The Morgan fingerprint density at radius 3 is 2.73 bits per heavy atom. The van der Waals surface area contributed by atoms with Crippen molar-refractivity contribution in [3.8, 4) is 0 Å². The normalized spacial score (nSPS) is 24.9. The van der Waals surface area contributed by atoms with Crippen molar-refractivity contribution in [1.29, 1.82) is 0 Å². The highest BCUT2D eigenvalue weighted by Crippen LogP contribution is 2.42. The highest BCUT2D eigenvalue weighted by atomic mass is 16.3. The van der Waals surface area contributed by atoms with Crippen molar-refractivity contribution in [3.63, 3.8) is 0 Å². The van der Waals surface area contributed by atoms with E-state index in [2.05, 4.69) is 29.2 Å². The van der Waals surface area contributed by atoms with Gasteiger partial charge in [-0.3, -0.25) is 9.69 Å². The van der Waals surface area contributed by atoms with Gasteiger partial charge in [-0.05, 0) is 51.3 Å². The van der Waals surface area contributed by atoms with Gasteiger partial charge in [-0.2, -0.15) is 0 Å². The van der Waals surface area contributed by atoms with Crippen LogP contribution in [0.5, 0.6) is 0 Å². The maximum Gasteiger partial charge on any atom is 0.257 e. The molecule has 5 heteroatoms. The second-order valence-electron chi connectivity index (χ2n) is 8.78. The summed E-state index contributed by atoms with van der Waals surface area (Å²) in [6, 6.07) is 12.3. The monoisotopic (exact) mass is 408 g/mol. The molecule has 0 spiro atoms. The predicted octanol–water partition coefficient (Wildman–Crippen LogP) is 3.90. The zero-order chi connectivity index (χ0) is 21.1. The van der Waals surface area contributed by atoms with E-state index in [9.17, 15) is 9.90 Å². The fourth-order valence-corrected chi connectivity index (χ4v) is 5.17. The predicted molar refractivity (Wildman–Crippen MR) is 118 cm³/mol. The number of carbonyl (C=O) groups excluding carboxylic acids is 1. The summed E-state index contributed by atoms with van der Waals surface area (Å²) in [4.78, 5) is 17.6. The Kier molecular flexibility index (Phi) is 6.11. The summed E-state index contributed by atoms with van der Waals surface area (Å²) in [5.74, 6) is 1.49. The van der Waals surface area contributed by atoms with Gasteiger partial charge in [0.1, 0.15) is 11.5 Å². The number of hydrogen-bond donors (Lipinski definition) is 1. The van der Waals surface area contributed by atoms with Crippen LogP contribution in [0.3, 0.4) is 0 Å². The third-order valence-electron chi connectivity index (χ3n) is 6.86. The molecule has 2 saturated heterocycles. The largest absolute Gasteiger partial charge is 0.466 e. The molecule has 2 aromatic rings. The average molecular weight is 409 g/mol. The molecule has 2 aliphatic rings. The molecule has 0 saturated carbocycles. The maximum atomic E-state index is 13.2. The number of furan rings is 1. The lowest BCUT2D eigenvalue weighted by Gasteiger charge is -2.54. The lowest BCUT2D eigenvalue weighted by atomic mass is 9.69. The fraction of sp³-hybridized carbons (Fsp3) is 0.480. The number of likely N-dealkylation sites (tertiary alicyclic amines) is 2. The molecule has 1 N–H and O–H groups in total. The third-order valence-corrected chi connectivity index (χ3v) is 6.86. The van der Waals surface area contributed by atoms with Crippen molar-refractivity contribution in [2.24, 2.45) is 5.41 Å². The van der Waals surface area contributed by atoms with Crippen LogP contribution in [0.2, 0.25) is 0 Å². The number of amides is 1. The molecule has 30 heavy (non-hydrogen) atoms. The van der Waals surface area contributed by atoms with E-state index in [-0.39, 0.29) is 24.0 Å². The Balaban J connectivity index is 1.51. The smallest absolute Gasteiger partial charge is 0.257 e. The standard InChI is InChI=1S/C25H32N2O3/c1-19-16-22(20(2)30-19)24(29)27-15-12-25(18-28)11-7-14-26(23(25)17-27)13-6-10-21-8-4-3-5-9-21/h3-6,8-10,16,23,28H,7,11-15,17-18H2,1-2H3/b10-6+/t23-,25-/m0/s1. The number of fused-ring (bicyclic) bond motifs is 1. The van der Waals surface area contributed by atoms with Crippen molar-refractivity contribution in [2.75, 3.05) is 32.8 Å². The van der Waals surface area contributed by atoms with Gasteiger partial charge in [0.25, 0.3) is 5.91 Å². The van der Waals surface area contributed by atoms with E-state index >= 15 is 0 Å². The molecule has 1 aromatic heterocycles. The number of hydrogen-bond acceptors (Lipinski definition) is 4. The zero-order valence-corrected chi connectivity index (χ0v) is 18.0. The van der Waals surface area contributed by atoms with Gasteiger partial charge in [0.2, 0.25) is 0 Å². The van der Waals surface area contributed by atoms with Gasteiger partial charge >= 0.3 is 0 Å². The second-order valence-corrected chi connectivity index (χ2v) is 8.78. The number of piperidine rings is 2. The van der Waals surface area contributed by atoms with E-state index in [0.717, 1.165) is 38.1 Å². The van der Waals surface area contributed by atoms with Crippen LogP contribution in [0.4, 0.5) is 0 Å². The minimum atomic E-state index is -0.114. The van der Waals surface area contributed by atoms with Gasteiger partial charge < -0.3 is 14.4 Å². The molecule has 160 valence electrons. The SMILES string of the molecule is Cc1cc(C(=O)N2CC[C@]3(CO)CCCN(C/C=C/c4ccccc4)[C@H]3C2)c(C)o1. The lowest BCUT2D eigenvalue weighted by Crippen LogP contribution is -2.63. The summed E-state index contributed by atoms with van der Waals surface area (Å²) in [7, 11) is 0. The molecular formula is C25H32N2O3. The highest BCUT2D eigenvalue weighted by Gasteiger charge is 2.48. The van der Waals surface area contributed by atoms with Gasteiger partial charge in [0.15, 0.2) is 0 Å². The first-order chi connectivity index (χ1) is 14.5. The summed E-state index contributed by atoms with van der Waals surface area (Å²) < 4.78 is 5.58. The molecular weight excluding hydrogens is 376 g/mol. The van der Waals surface area contributed by atoms with Crippen LogP contribution in [-0.2, 0) is 0 Å². The lowest BCUT2D eigenvalue weighted by molar-refractivity contribution is -0.0654. The Labute approximate surface area is 179 Å². The Morgan fingerprint density at radius 1 is 1.23 bits per heavy atom. The van der Waals surface area contributed by atoms with E-state index in [1.54, 1.807) is 0 Å². The van der Waals surface area contributed by atoms with Crippen molar-refractivity contribution in [1.82, 2.24) is 9.80 Å². The van der Waals surface area contributed by atoms with Gasteiger partial charge in [-0.15, -0.1) is 0 Å². The molecule has 0 unspecified atom stereocenters. The average Bonchev–Trinajstić information content (AvgIpc) is 3.11. The van der Waals surface area contributed by atoms with E-state index in [1.807, 2.05) is 43.0 Å². The molecule has 4 rings (SSSR count). The maximum absolute atomic E-state index is 13.2. The van der Waals surface area contributed by atoms with Crippen LogP contribution in [0, 0.1) is 19.3 Å². The summed E-state index contributed by atoms with van der Waals surface area (Å²) in [6.45, 7) is 7.07. The Hall–Kier alpha value is -2.37. The molecule has 2 fully saturated rings. The molecule has 0 aliphatic carbocycles. The minimum Gasteiger partial charge on any atom is -0.466 e. The molecule has 2 atom stereocenters. The van der Waals surface area contributed by atoms with Gasteiger partial charge in [-0.1, -0.05) is 42.5 Å². The first-order valence-electron chi connectivity index (χ1n) is 11.0. The van der Waals surface area contributed by atoms with Crippen LogP contribution < -0.4 is 0 Å². The first kappa shape index (κ1) is 20.9. The van der Waals surface area contributed by atoms with Crippen LogP contribution >= 0.6 is 0 Å². The van der Waals surface area contributed by atoms with Crippen molar-refractivity contribution in [3.05, 3.63) is 65.1 Å². The molecule has 0 radical (unpaired) electrons. The molecule has 0 bridgehead atoms. The Morgan fingerprint density at radius 2 is 2.03 bits per heavy atom. The quantitative estimate of drug-likeness (QED) is 0.815. The number of carbonyl (C=O) groups is 1. The summed E-state index contributed by atoms with van der Waals surface area (Å²) in [5, 5.41) is 10.3. The first-order valence-corrected chi connectivity index (χ1v) is 11.0. The van der Waals surface area contributed by atoms with Crippen LogP contribution in [-0.4, -0.2) is 59.6 Å². The Bertz CT molecular complexity index is 904. The van der Waals surface area contributed by atoms with E-state index in [1.165, 1.54) is 5.56 Å². The number of aliphatic hydroxyl groups is 1. The second kappa shape index (κ2) is 8.78. The highest BCUT2D eigenvalue weighted by molar-refractivity contribution is 5.95. The number of rotatable bonds is 5. The van der Waals surface area contributed by atoms with Crippen molar-refractivity contribution >= 4 is 12.0 Å². The topological polar surface area (TPSA) is 56.9 Å². The van der Waals surface area contributed by atoms with E-state index in [0.29, 0.717) is 24.4 Å². The van der Waals surface area contributed by atoms with Crippen LogP contribution in [0.1, 0.15) is 46.7 Å². The third kappa shape index (κ3) is 4.09. The fourth-order valence-electron chi connectivity index (χ4n) is 5.17. The van der Waals surface area contributed by atoms with Crippen LogP contribution in [0.25, 0.3) is 6.08 Å². The molecule has 1 aromatic carbocycles. The van der Waals surface area contributed by atoms with Gasteiger partial charge in [0.05, 0.1) is 12.2 Å². The van der Waals surface area contributed by atoms with Crippen molar-refractivity contribution < 1.29 is 14.3 Å². The number of aliphatic hydroxyl groups excluding tert-OH is 1. The summed E-state index contributed by atoms with van der Waals surface area (Å²) in [6.07, 6.45) is 7.31. The van der Waals surface area contributed by atoms with Crippen molar-refractivity contribution in [2.45, 2.75) is 39.2 Å². The molecule has 2 aliphatic heterocycles. The number of benzene rings is 1. The molecule has 1 amide bonds. The number of aryl methyl sites for hydroxylation is 2. The summed E-state index contributed by atoms with van der Waals surface area (Å²) >= 11 is 0. The molecule has 3 heterocycles. The van der Waals surface area contributed by atoms with E-state index in [4.69, 9.17) is 4.42 Å². The van der Waals surface area contributed by atoms with Gasteiger partial charge in [-0.25, -0.2) is 0 Å². The van der Waals surface area contributed by atoms with E-state index < -0.39 is 0 Å².